The molecule has 0 N–H and O–H groups in total. The minimum Gasteiger partial charge on any atom is -0.457 e. The van der Waals surface area contributed by atoms with E-state index in [2.05, 4.69) is 64.1 Å². The number of hydrogen-bond acceptors (Lipinski definition) is 1. The first-order chi connectivity index (χ1) is 18.2. The van der Waals surface area contributed by atoms with Crippen LogP contribution >= 0.6 is 0 Å². The molecule has 0 aliphatic rings. The van der Waals surface area contributed by atoms with E-state index in [0.717, 1.165) is 24.3 Å². The minimum absolute atomic E-state index is 1.08. The van der Waals surface area contributed by atoms with Gasteiger partial charge in [0.05, 0.1) is 0 Å². The van der Waals surface area contributed by atoms with Gasteiger partial charge in [0, 0.05) is 0 Å². The Kier molecular flexibility index (Phi) is 17.2. The van der Waals surface area contributed by atoms with Crippen molar-refractivity contribution in [2.45, 2.75) is 156 Å². The SMILES string of the molecule is CCCCCCc1ccc(Oc2ccc(CCCCCC)cc2CCCCCC)c(CCCCCC)c1. The molecule has 0 spiro atoms. The lowest BCUT2D eigenvalue weighted by Gasteiger charge is -2.17. The molecule has 0 amide bonds. The Balaban J connectivity index is 2.19. The molecule has 208 valence electrons. The highest BCUT2D eigenvalue weighted by Gasteiger charge is 2.12. The summed E-state index contributed by atoms with van der Waals surface area (Å²) in [7, 11) is 0. The van der Waals surface area contributed by atoms with E-state index in [1.807, 2.05) is 0 Å². The molecule has 0 aliphatic heterocycles. The predicted molar refractivity (Wildman–Crippen MR) is 164 cm³/mol. The minimum atomic E-state index is 1.08. The molecule has 0 aliphatic carbocycles. The summed E-state index contributed by atoms with van der Waals surface area (Å²) in [6.45, 7) is 9.16. The van der Waals surface area contributed by atoms with Crippen LogP contribution in [-0.2, 0) is 25.7 Å². The second-order valence-electron chi connectivity index (χ2n) is 11.2. The summed E-state index contributed by atoms with van der Waals surface area (Å²) in [6, 6.07) is 14.1. The van der Waals surface area contributed by atoms with Gasteiger partial charge in [-0.1, -0.05) is 129 Å². The second kappa shape index (κ2) is 20.2. The van der Waals surface area contributed by atoms with Crippen molar-refractivity contribution < 1.29 is 4.74 Å². The van der Waals surface area contributed by atoms with Gasteiger partial charge in [-0.2, -0.15) is 0 Å². The van der Waals surface area contributed by atoms with Crippen LogP contribution in [0.25, 0.3) is 0 Å². The summed E-state index contributed by atoms with van der Waals surface area (Å²) in [4.78, 5) is 0. The molecule has 0 unspecified atom stereocenters. The third-order valence-corrected chi connectivity index (χ3v) is 7.71. The van der Waals surface area contributed by atoms with Crippen LogP contribution in [0.2, 0.25) is 0 Å². The lowest BCUT2D eigenvalue weighted by atomic mass is 9.98. The van der Waals surface area contributed by atoms with Crippen molar-refractivity contribution >= 4 is 0 Å². The van der Waals surface area contributed by atoms with Crippen LogP contribution in [0.15, 0.2) is 36.4 Å². The van der Waals surface area contributed by atoms with Gasteiger partial charge in [-0.25, -0.2) is 0 Å². The van der Waals surface area contributed by atoms with E-state index in [1.165, 1.54) is 138 Å². The van der Waals surface area contributed by atoms with E-state index in [9.17, 15) is 0 Å². The van der Waals surface area contributed by atoms with Crippen LogP contribution in [0.5, 0.6) is 11.5 Å². The molecule has 0 saturated heterocycles. The zero-order valence-electron chi connectivity index (χ0n) is 25.0. The van der Waals surface area contributed by atoms with E-state index in [-0.39, 0.29) is 0 Å². The average molecular weight is 507 g/mol. The van der Waals surface area contributed by atoms with Gasteiger partial charge in [0.25, 0.3) is 0 Å². The maximum atomic E-state index is 6.75. The molecule has 0 radical (unpaired) electrons. The van der Waals surface area contributed by atoms with Gasteiger partial charge in [0.15, 0.2) is 0 Å². The second-order valence-corrected chi connectivity index (χ2v) is 11.2. The fourth-order valence-corrected chi connectivity index (χ4v) is 5.28. The van der Waals surface area contributed by atoms with Gasteiger partial charge >= 0.3 is 0 Å². The van der Waals surface area contributed by atoms with Crippen LogP contribution < -0.4 is 4.74 Å². The van der Waals surface area contributed by atoms with Crippen LogP contribution in [0, 0.1) is 0 Å². The lowest BCUT2D eigenvalue weighted by molar-refractivity contribution is 0.466. The molecule has 0 saturated carbocycles. The van der Waals surface area contributed by atoms with Crippen molar-refractivity contribution in [2.75, 3.05) is 0 Å². The van der Waals surface area contributed by atoms with E-state index >= 15 is 0 Å². The van der Waals surface area contributed by atoms with Crippen molar-refractivity contribution in [3.8, 4) is 11.5 Å². The summed E-state index contributed by atoms with van der Waals surface area (Å²) in [5.41, 5.74) is 5.78. The number of ether oxygens (including phenoxy) is 1. The topological polar surface area (TPSA) is 9.23 Å². The molecular formula is C36H58O. The quantitative estimate of drug-likeness (QED) is 0.144. The molecule has 1 nitrogen and oxygen atoms in total. The number of benzene rings is 2. The van der Waals surface area contributed by atoms with Gasteiger partial charge in [0.1, 0.15) is 11.5 Å². The number of hydrogen-bond donors (Lipinski definition) is 0. The molecular weight excluding hydrogens is 448 g/mol. The van der Waals surface area contributed by atoms with Crippen molar-refractivity contribution in [3.63, 3.8) is 0 Å². The molecule has 1 heteroatoms. The molecule has 2 rings (SSSR count). The van der Waals surface area contributed by atoms with Crippen LogP contribution in [-0.4, -0.2) is 0 Å². The lowest BCUT2D eigenvalue weighted by Crippen LogP contribution is -1.99. The van der Waals surface area contributed by atoms with Gasteiger partial charge < -0.3 is 4.74 Å². The third-order valence-electron chi connectivity index (χ3n) is 7.71. The zero-order valence-corrected chi connectivity index (χ0v) is 25.0. The molecule has 0 fully saturated rings. The largest absolute Gasteiger partial charge is 0.457 e. The van der Waals surface area contributed by atoms with Crippen molar-refractivity contribution in [2.24, 2.45) is 0 Å². The van der Waals surface area contributed by atoms with E-state index in [4.69, 9.17) is 4.74 Å². The summed E-state index contributed by atoms with van der Waals surface area (Å²) < 4.78 is 6.75. The van der Waals surface area contributed by atoms with Gasteiger partial charge in [-0.3, -0.25) is 0 Å². The summed E-state index contributed by atoms with van der Waals surface area (Å²) in [5, 5.41) is 0. The van der Waals surface area contributed by atoms with Gasteiger partial charge in [0.2, 0.25) is 0 Å². The van der Waals surface area contributed by atoms with Crippen molar-refractivity contribution in [1.82, 2.24) is 0 Å². The Hall–Kier alpha value is -1.76. The highest BCUT2D eigenvalue weighted by atomic mass is 16.5. The normalized spacial score (nSPS) is 11.2. The monoisotopic (exact) mass is 506 g/mol. The predicted octanol–water partition coefficient (Wildman–Crippen LogP) is 12.0. The first-order valence-electron chi connectivity index (χ1n) is 16.1. The number of aryl methyl sites for hydroxylation is 4. The summed E-state index contributed by atoms with van der Waals surface area (Å²) in [6.07, 6.45) is 25.6. The Morgan fingerprint density at radius 1 is 0.405 bits per heavy atom. The maximum absolute atomic E-state index is 6.75. The number of rotatable bonds is 22. The molecule has 2 aromatic rings. The summed E-state index contributed by atoms with van der Waals surface area (Å²) >= 11 is 0. The first-order valence-corrected chi connectivity index (χ1v) is 16.1. The number of unbranched alkanes of at least 4 members (excludes halogenated alkanes) is 12. The first kappa shape index (κ1) is 31.5. The fraction of sp³-hybridized carbons (Fsp3) is 0.667. The molecule has 0 bridgehead atoms. The van der Waals surface area contributed by atoms with Crippen LogP contribution in [0.3, 0.4) is 0 Å². The van der Waals surface area contributed by atoms with E-state index in [1.54, 1.807) is 0 Å². The van der Waals surface area contributed by atoms with E-state index < -0.39 is 0 Å². The Morgan fingerprint density at radius 3 is 1.11 bits per heavy atom. The molecule has 0 atom stereocenters. The summed E-state index contributed by atoms with van der Waals surface area (Å²) in [5.74, 6) is 2.17. The van der Waals surface area contributed by atoms with Crippen molar-refractivity contribution in [3.05, 3.63) is 58.7 Å². The van der Waals surface area contributed by atoms with Gasteiger partial charge in [-0.15, -0.1) is 0 Å². The van der Waals surface area contributed by atoms with E-state index in [0.29, 0.717) is 0 Å². The Morgan fingerprint density at radius 2 is 0.757 bits per heavy atom. The highest BCUT2D eigenvalue weighted by molar-refractivity contribution is 5.44. The third kappa shape index (κ3) is 13.0. The molecule has 0 aromatic heterocycles. The fourth-order valence-electron chi connectivity index (χ4n) is 5.28. The standard InChI is InChI=1S/C36H58O/c1-5-9-13-17-21-31-25-27-35(33(29-31)23-19-15-11-7-3)37-36-28-26-32(22-18-14-10-6-2)30-34(36)24-20-16-12-8-4/h25-30H,5-24H2,1-4H3. The Bertz CT molecular complexity index is 767. The van der Waals surface area contributed by atoms with Crippen LogP contribution in [0.4, 0.5) is 0 Å². The van der Waals surface area contributed by atoms with Crippen LogP contribution in [0.1, 0.15) is 153 Å². The Labute approximate surface area is 230 Å². The maximum Gasteiger partial charge on any atom is 0.130 e. The zero-order chi connectivity index (χ0) is 26.6. The molecule has 2 aromatic carbocycles. The molecule has 37 heavy (non-hydrogen) atoms. The smallest absolute Gasteiger partial charge is 0.130 e. The van der Waals surface area contributed by atoms with Gasteiger partial charge in [-0.05, 0) is 85.8 Å². The van der Waals surface area contributed by atoms with Crippen molar-refractivity contribution in [1.29, 1.82) is 0 Å². The molecule has 0 heterocycles. The average Bonchev–Trinajstić information content (AvgIpc) is 2.91. The highest BCUT2D eigenvalue weighted by Crippen LogP contribution is 2.32.